The number of non-ortho nitro benzene ring substituents is 1. The first-order valence-electron chi connectivity index (χ1n) is 16.9. The van der Waals surface area contributed by atoms with Crippen LogP contribution in [0, 0.1) is 10.1 Å². The van der Waals surface area contributed by atoms with Gasteiger partial charge in [-0.15, -0.1) is 0 Å². The van der Waals surface area contributed by atoms with Crippen molar-refractivity contribution in [3.63, 3.8) is 0 Å². The van der Waals surface area contributed by atoms with Gasteiger partial charge in [0.05, 0.1) is 23.7 Å². The molecule has 272 valence electrons. The summed E-state index contributed by atoms with van der Waals surface area (Å²) < 4.78 is 52.0. The maximum absolute atomic E-state index is 13.0. The van der Waals surface area contributed by atoms with Crippen molar-refractivity contribution in [2.24, 2.45) is 0 Å². The molecule has 0 bridgehead atoms. The van der Waals surface area contributed by atoms with Crippen LogP contribution in [0.5, 0.6) is 0 Å². The van der Waals surface area contributed by atoms with Gasteiger partial charge in [0.15, 0.2) is 6.29 Å². The first-order chi connectivity index (χ1) is 24.5. The Bertz CT molecular complexity index is 1670. The van der Waals surface area contributed by atoms with Crippen LogP contribution in [-0.4, -0.2) is 89.2 Å². The van der Waals surface area contributed by atoms with Crippen molar-refractivity contribution in [2.75, 3.05) is 44.2 Å². The second-order valence-corrected chi connectivity index (χ2v) is 13.0. The Morgan fingerprint density at radius 2 is 1.53 bits per heavy atom. The zero-order valence-electron chi connectivity index (χ0n) is 27.8. The molecule has 12 nitrogen and oxygen atoms in total. The third-order valence-corrected chi connectivity index (χ3v) is 9.65. The quantitative estimate of drug-likeness (QED) is 0.228. The van der Waals surface area contributed by atoms with Crippen molar-refractivity contribution in [3.05, 3.63) is 105 Å². The van der Waals surface area contributed by atoms with E-state index in [1.54, 1.807) is 24.3 Å². The second-order valence-electron chi connectivity index (χ2n) is 13.0. The summed E-state index contributed by atoms with van der Waals surface area (Å²) in [5.41, 5.74) is 4.22. The largest absolute Gasteiger partial charge is 0.471 e. The van der Waals surface area contributed by atoms with Crippen LogP contribution in [0.25, 0.3) is 0 Å². The fraction of sp³-hybridized carbons (Fsp3) is 0.444. The van der Waals surface area contributed by atoms with Gasteiger partial charge in [0.1, 0.15) is 6.04 Å². The van der Waals surface area contributed by atoms with Gasteiger partial charge >= 0.3 is 12.1 Å². The Labute approximate surface area is 292 Å². The van der Waals surface area contributed by atoms with Crippen molar-refractivity contribution >= 4 is 23.2 Å². The van der Waals surface area contributed by atoms with E-state index in [0.717, 1.165) is 48.6 Å². The van der Waals surface area contributed by atoms with Gasteiger partial charge in [-0.3, -0.25) is 24.6 Å². The van der Waals surface area contributed by atoms with Crippen molar-refractivity contribution in [2.45, 2.75) is 63.1 Å². The van der Waals surface area contributed by atoms with Crippen molar-refractivity contribution in [3.8, 4) is 0 Å². The maximum Gasteiger partial charge on any atom is 0.471 e. The van der Waals surface area contributed by atoms with Gasteiger partial charge in [-0.25, -0.2) is 0 Å². The molecule has 0 spiro atoms. The molecule has 3 fully saturated rings. The van der Waals surface area contributed by atoms with Gasteiger partial charge < -0.3 is 29.7 Å². The van der Waals surface area contributed by atoms with E-state index < -0.39 is 35.2 Å². The molecule has 0 saturated carbocycles. The Hall–Kier alpha value is -4.57. The number of nitro groups is 1. The summed E-state index contributed by atoms with van der Waals surface area (Å²) in [7, 11) is 0. The molecule has 3 aliphatic rings. The number of anilines is 1. The van der Waals surface area contributed by atoms with E-state index in [-0.39, 0.29) is 44.0 Å². The highest BCUT2D eigenvalue weighted by molar-refractivity contribution is 5.90. The zero-order chi connectivity index (χ0) is 36.1. The van der Waals surface area contributed by atoms with Crippen LogP contribution in [0.1, 0.15) is 53.9 Å². The number of nitrogens with zero attached hydrogens (tertiary/aromatic N) is 4. The molecule has 3 aliphatic heterocycles. The molecule has 0 radical (unpaired) electrons. The lowest BCUT2D eigenvalue weighted by Gasteiger charge is -2.41. The van der Waals surface area contributed by atoms with Gasteiger partial charge in [0.2, 0.25) is 5.91 Å². The van der Waals surface area contributed by atoms with E-state index in [9.17, 15) is 38.0 Å². The Balaban J connectivity index is 1.08. The van der Waals surface area contributed by atoms with Gasteiger partial charge in [0.25, 0.3) is 5.69 Å². The number of piperazine rings is 1. The molecule has 51 heavy (non-hydrogen) atoms. The van der Waals surface area contributed by atoms with Gasteiger partial charge in [-0.1, -0.05) is 48.5 Å². The minimum atomic E-state index is -5.03. The number of alkyl halides is 3. The molecule has 15 heteroatoms. The zero-order valence-corrected chi connectivity index (χ0v) is 27.8. The highest BCUT2D eigenvalue weighted by Crippen LogP contribution is 2.38. The molecular weight excluding hydrogens is 671 g/mol. The highest BCUT2D eigenvalue weighted by atomic mass is 19.4. The number of hydrogen-bond donors (Lipinski definition) is 2. The van der Waals surface area contributed by atoms with Crippen molar-refractivity contribution in [1.82, 2.24) is 15.1 Å². The number of nitrogens with one attached hydrogen (secondary N) is 1. The molecule has 0 unspecified atom stereocenters. The SMILES string of the molecule is O=C(NCc1ccc([C@H]2O[C@@H](CN3CCN(c4ccc([N+](=O)[O-])cc4)CC3)C[C@@H](c3ccc(CO)cc3)O2)cc1)[C@@H]1CCCN1C(=O)C(F)(F)F. The molecular formula is C36H40F3N5O7. The lowest BCUT2D eigenvalue weighted by Crippen LogP contribution is -2.50. The summed E-state index contributed by atoms with van der Waals surface area (Å²) in [5, 5.41) is 23.2. The average molecular weight is 712 g/mol. The van der Waals surface area contributed by atoms with E-state index in [4.69, 9.17) is 9.47 Å². The van der Waals surface area contributed by atoms with Gasteiger partial charge in [-0.2, -0.15) is 13.2 Å². The second kappa shape index (κ2) is 15.8. The van der Waals surface area contributed by atoms with Crippen LogP contribution < -0.4 is 10.2 Å². The van der Waals surface area contributed by atoms with Crippen molar-refractivity contribution < 1.29 is 42.3 Å². The van der Waals surface area contributed by atoms with E-state index in [0.29, 0.717) is 29.8 Å². The summed E-state index contributed by atoms with van der Waals surface area (Å²) in [6.45, 7) is 3.63. The first-order valence-corrected chi connectivity index (χ1v) is 16.9. The molecule has 2 amide bonds. The number of benzene rings is 3. The predicted molar refractivity (Wildman–Crippen MR) is 179 cm³/mol. The number of carbonyl (C=O) groups is 2. The minimum absolute atomic E-state index is 0.0583. The van der Waals surface area contributed by atoms with Gasteiger partial charge in [-0.05, 0) is 41.7 Å². The molecule has 3 saturated heterocycles. The number of carbonyl (C=O) groups excluding carboxylic acids is 2. The maximum atomic E-state index is 13.0. The standard InChI is InChI=1S/C36H40F3N5O7/c37-36(38,39)35(47)43-15-1-2-31(43)33(46)40-21-24-3-9-27(10-4-24)34-50-30(20-32(51-34)26-7-5-25(23-45)6-8-26)22-41-16-18-42(19-17-41)28-11-13-29(14-12-28)44(48)49/h3-14,30-32,34,45H,1-2,15-23H2,(H,40,46)/t30-,31+,32+,34+/m1/s1. The fourth-order valence-corrected chi connectivity index (χ4v) is 6.84. The van der Waals surface area contributed by atoms with E-state index in [1.807, 2.05) is 36.4 Å². The molecule has 2 N–H and O–H groups in total. The summed E-state index contributed by atoms with van der Waals surface area (Å²) in [6.07, 6.45) is -5.09. The van der Waals surface area contributed by atoms with E-state index >= 15 is 0 Å². The first kappa shape index (κ1) is 36.2. The molecule has 3 aromatic carbocycles. The lowest BCUT2D eigenvalue weighted by molar-refractivity contribution is -0.384. The summed E-state index contributed by atoms with van der Waals surface area (Å²) in [4.78, 5) is 40.3. The van der Waals surface area contributed by atoms with Gasteiger partial charge in [0, 0.05) is 75.6 Å². The minimum Gasteiger partial charge on any atom is -0.392 e. The van der Waals surface area contributed by atoms with Crippen LogP contribution >= 0.6 is 0 Å². The normalized spacial score (nSPS) is 22.9. The monoisotopic (exact) mass is 711 g/mol. The summed E-state index contributed by atoms with van der Waals surface area (Å²) in [5.74, 6) is -2.62. The summed E-state index contributed by atoms with van der Waals surface area (Å²) >= 11 is 0. The topological polar surface area (TPSA) is 138 Å². The Morgan fingerprint density at radius 3 is 2.16 bits per heavy atom. The smallest absolute Gasteiger partial charge is 0.392 e. The van der Waals surface area contributed by atoms with E-state index in [1.165, 1.54) is 12.1 Å². The number of ether oxygens (including phenoxy) is 2. The van der Waals surface area contributed by atoms with Crippen LogP contribution in [0.3, 0.4) is 0 Å². The predicted octanol–water partition coefficient (Wildman–Crippen LogP) is 4.62. The number of aliphatic hydroxyl groups is 1. The van der Waals surface area contributed by atoms with Crippen molar-refractivity contribution in [1.29, 1.82) is 0 Å². The van der Waals surface area contributed by atoms with Crippen LogP contribution in [0.4, 0.5) is 24.5 Å². The van der Waals surface area contributed by atoms with Crippen LogP contribution in [0.2, 0.25) is 0 Å². The molecule has 3 aromatic rings. The Kier molecular flexibility index (Phi) is 11.2. The lowest BCUT2D eigenvalue weighted by atomic mass is 9.99. The van der Waals surface area contributed by atoms with Crippen LogP contribution in [-0.2, 0) is 32.2 Å². The number of aliphatic hydroxyl groups excluding tert-OH is 1. The molecule has 3 heterocycles. The fourth-order valence-electron chi connectivity index (χ4n) is 6.84. The number of nitro benzene ring substituents is 1. The molecule has 0 aliphatic carbocycles. The number of rotatable bonds is 10. The van der Waals surface area contributed by atoms with Crippen LogP contribution in [0.15, 0.2) is 72.8 Å². The number of hydrogen-bond acceptors (Lipinski definition) is 9. The van der Waals surface area contributed by atoms with E-state index in [2.05, 4.69) is 15.1 Å². The average Bonchev–Trinajstić information content (AvgIpc) is 3.64. The summed E-state index contributed by atoms with van der Waals surface area (Å²) in [6, 6.07) is 20.3. The third kappa shape index (κ3) is 8.84. The number of amides is 2. The molecule has 0 aromatic heterocycles. The molecule has 6 rings (SSSR count). The third-order valence-electron chi connectivity index (χ3n) is 9.65. The highest BCUT2D eigenvalue weighted by Gasteiger charge is 2.47. The Morgan fingerprint density at radius 1 is 0.882 bits per heavy atom. The number of likely N-dealkylation sites (tertiary alicyclic amines) is 1. The molecule has 4 atom stereocenters. The number of halogens is 3.